The number of benzene rings is 2. The van der Waals surface area contributed by atoms with Crippen molar-refractivity contribution in [2.45, 2.75) is 42.1 Å². The van der Waals surface area contributed by atoms with E-state index in [4.69, 9.17) is 20.4 Å². The van der Waals surface area contributed by atoms with Crippen molar-refractivity contribution in [3.8, 4) is 17.1 Å². The molecule has 2 aromatic carbocycles. The Morgan fingerprint density at radius 3 is 2.50 bits per heavy atom. The van der Waals surface area contributed by atoms with E-state index in [2.05, 4.69) is 22.6 Å². The van der Waals surface area contributed by atoms with Crippen LogP contribution in [0.5, 0.6) is 5.75 Å². The number of hydrogen-bond acceptors (Lipinski definition) is 7. The topological polar surface area (TPSA) is 73.5 Å². The second-order valence-corrected chi connectivity index (χ2v) is 10.1. The van der Waals surface area contributed by atoms with Gasteiger partial charge in [-0.2, -0.15) is 8.78 Å². The highest BCUT2D eigenvalue weighted by molar-refractivity contribution is 8.00. The molecule has 2 heterocycles. The molecule has 2 aliphatic rings. The van der Waals surface area contributed by atoms with Gasteiger partial charge in [-0.15, -0.1) is 11.8 Å². The summed E-state index contributed by atoms with van der Waals surface area (Å²) in [5, 5.41) is 0. The SMILES string of the molecule is CC1COCCN1c1cc(C2(Sc3ccc(OC(F)F)cc3)CC2)nc(-c2ccc(N)cc2)n1. The maximum absolute atomic E-state index is 12.5. The molecule has 1 unspecified atom stereocenters. The second kappa shape index (κ2) is 9.38. The Balaban J connectivity index is 1.48. The molecule has 178 valence electrons. The summed E-state index contributed by atoms with van der Waals surface area (Å²) in [6, 6.07) is 16.7. The van der Waals surface area contributed by atoms with Gasteiger partial charge >= 0.3 is 6.61 Å². The molecule has 0 spiro atoms. The molecule has 1 aliphatic carbocycles. The number of halogens is 2. The molecule has 9 heteroatoms. The number of nitrogens with zero attached hydrogens (tertiary/aromatic N) is 3. The number of alkyl halides is 2. The third-order valence-electron chi connectivity index (χ3n) is 6.08. The molecule has 6 nitrogen and oxygen atoms in total. The Bertz CT molecular complexity index is 1140. The summed E-state index contributed by atoms with van der Waals surface area (Å²) in [7, 11) is 0. The van der Waals surface area contributed by atoms with Crippen LogP contribution in [0.1, 0.15) is 25.5 Å². The predicted octanol–water partition coefficient (Wildman–Crippen LogP) is 5.33. The van der Waals surface area contributed by atoms with Gasteiger partial charge in [0.1, 0.15) is 11.6 Å². The van der Waals surface area contributed by atoms with Gasteiger partial charge in [0.2, 0.25) is 0 Å². The number of aromatic nitrogens is 2. The Labute approximate surface area is 201 Å². The Morgan fingerprint density at radius 1 is 1.12 bits per heavy atom. The van der Waals surface area contributed by atoms with Gasteiger partial charge in [0, 0.05) is 28.8 Å². The lowest BCUT2D eigenvalue weighted by atomic mass is 10.1. The summed E-state index contributed by atoms with van der Waals surface area (Å²) >= 11 is 1.70. The van der Waals surface area contributed by atoms with E-state index in [-0.39, 0.29) is 16.5 Å². The number of anilines is 2. The lowest BCUT2D eigenvalue weighted by Gasteiger charge is -2.34. The highest BCUT2D eigenvalue weighted by Gasteiger charge is 2.47. The molecule has 34 heavy (non-hydrogen) atoms. The molecule has 2 N–H and O–H groups in total. The van der Waals surface area contributed by atoms with Gasteiger partial charge in [0.05, 0.1) is 29.7 Å². The molecular weight excluding hydrogens is 458 g/mol. The largest absolute Gasteiger partial charge is 0.435 e. The van der Waals surface area contributed by atoms with Gasteiger partial charge in [-0.1, -0.05) is 0 Å². The first-order valence-electron chi connectivity index (χ1n) is 11.3. The first kappa shape index (κ1) is 22.9. The molecule has 2 fully saturated rings. The summed E-state index contributed by atoms with van der Waals surface area (Å²) in [6.07, 6.45) is 1.95. The zero-order chi connectivity index (χ0) is 23.7. The highest BCUT2D eigenvalue weighted by atomic mass is 32.2. The normalized spacial score (nSPS) is 19.3. The van der Waals surface area contributed by atoms with E-state index in [0.29, 0.717) is 24.7 Å². The van der Waals surface area contributed by atoms with Gasteiger partial charge < -0.3 is 20.1 Å². The van der Waals surface area contributed by atoms with Crippen LogP contribution in [-0.2, 0) is 9.48 Å². The summed E-state index contributed by atoms with van der Waals surface area (Å²) in [5.74, 6) is 1.71. The average Bonchev–Trinajstić information content (AvgIpc) is 3.61. The van der Waals surface area contributed by atoms with Crippen LogP contribution < -0.4 is 15.4 Å². The lowest BCUT2D eigenvalue weighted by molar-refractivity contribution is -0.0498. The molecule has 5 rings (SSSR count). The fourth-order valence-corrected chi connectivity index (χ4v) is 5.32. The number of ether oxygens (including phenoxy) is 2. The lowest BCUT2D eigenvalue weighted by Crippen LogP contribution is -2.44. The quantitative estimate of drug-likeness (QED) is 0.454. The fraction of sp³-hybridized carbons (Fsp3) is 0.360. The van der Waals surface area contributed by atoms with E-state index in [9.17, 15) is 8.78 Å². The van der Waals surface area contributed by atoms with Crippen molar-refractivity contribution < 1.29 is 18.3 Å². The van der Waals surface area contributed by atoms with E-state index in [1.54, 1.807) is 23.9 Å². The van der Waals surface area contributed by atoms with Crippen molar-refractivity contribution in [1.29, 1.82) is 0 Å². The first-order valence-corrected chi connectivity index (χ1v) is 12.1. The molecular formula is C25H26F2N4O2S. The molecule has 3 aromatic rings. The summed E-state index contributed by atoms with van der Waals surface area (Å²) in [5.41, 5.74) is 8.46. The molecule has 0 amide bonds. The van der Waals surface area contributed by atoms with Gasteiger partial charge in [0.25, 0.3) is 0 Å². The van der Waals surface area contributed by atoms with E-state index in [1.165, 1.54) is 0 Å². The van der Waals surface area contributed by atoms with Crippen LogP contribution in [0.3, 0.4) is 0 Å². The third kappa shape index (κ3) is 4.95. The van der Waals surface area contributed by atoms with Crippen LogP contribution >= 0.6 is 11.8 Å². The standard InChI is InChI=1S/C25H26F2N4O2S/c1-16-15-32-13-12-31(16)22-14-21(29-23(30-22)17-2-4-18(28)5-3-17)25(10-11-25)34-20-8-6-19(7-9-20)33-24(26)27/h2-9,14,16,24H,10-13,15,28H2,1H3. The Morgan fingerprint density at radius 2 is 1.85 bits per heavy atom. The maximum atomic E-state index is 12.5. The monoisotopic (exact) mass is 484 g/mol. The van der Waals surface area contributed by atoms with E-state index < -0.39 is 6.61 Å². The number of thioether (sulfide) groups is 1. The van der Waals surface area contributed by atoms with Crippen molar-refractivity contribution in [2.75, 3.05) is 30.4 Å². The number of hydrogen-bond donors (Lipinski definition) is 1. The molecule has 0 bridgehead atoms. The second-order valence-electron chi connectivity index (χ2n) is 8.62. The van der Waals surface area contributed by atoms with Crippen LogP contribution in [-0.4, -0.2) is 42.4 Å². The summed E-state index contributed by atoms with van der Waals surface area (Å²) in [4.78, 5) is 13.2. The average molecular weight is 485 g/mol. The van der Waals surface area contributed by atoms with Crippen LogP contribution in [0, 0.1) is 0 Å². The van der Waals surface area contributed by atoms with Crippen molar-refractivity contribution in [3.05, 3.63) is 60.3 Å². The maximum Gasteiger partial charge on any atom is 0.387 e. The summed E-state index contributed by atoms with van der Waals surface area (Å²) < 4.78 is 34.9. The molecule has 1 saturated heterocycles. The number of nitrogen functional groups attached to an aromatic ring is 1. The number of rotatable bonds is 7. The number of morpholine rings is 1. The van der Waals surface area contributed by atoms with Crippen LogP contribution in [0.4, 0.5) is 20.3 Å². The zero-order valence-corrected chi connectivity index (χ0v) is 19.6. The molecule has 1 aromatic heterocycles. The minimum absolute atomic E-state index is 0.153. The molecule has 1 aliphatic heterocycles. The minimum atomic E-state index is -2.83. The van der Waals surface area contributed by atoms with Crippen molar-refractivity contribution in [3.63, 3.8) is 0 Å². The van der Waals surface area contributed by atoms with Crippen LogP contribution in [0.2, 0.25) is 0 Å². The van der Waals surface area contributed by atoms with E-state index in [0.717, 1.165) is 41.4 Å². The minimum Gasteiger partial charge on any atom is -0.435 e. The van der Waals surface area contributed by atoms with Gasteiger partial charge in [-0.3, -0.25) is 0 Å². The van der Waals surface area contributed by atoms with Crippen molar-refractivity contribution in [2.24, 2.45) is 0 Å². The molecule has 1 atom stereocenters. The van der Waals surface area contributed by atoms with Crippen LogP contribution in [0.25, 0.3) is 11.4 Å². The Kier molecular flexibility index (Phi) is 6.31. The smallest absolute Gasteiger partial charge is 0.387 e. The van der Waals surface area contributed by atoms with Gasteiger partial charge in [-0.05, 0) is 68.3 Å². The third-order valence-corrected chi connectivity index (χ3v) is 7.59. The summed E-state index contributed by atoms with van der Waals surface area (Å²) in [6.45, 7) is 1.39. The van der Waals surface area contributed by atoms with Crippen molar-refractivity contribution >= 4 is 23.3 Å². The zero-order valence-electron chi connectivity index (χ0n) is 18.8. The molecule has 1 saturated carbocycles. The Hall–Kier alpha value is -2.91. The molecule has 0 radical (unpaired) electrons. The number of nitrogens with two attached hydrogens (primary N) is 1. The highest BCUT2D eigenvalue weighted by Crippen LogP contribution is 2.59. The predicted molar refractivity (Wildman–Crippen MR) is 129 cm³/mol. The van der Waals surface area contributed by atoms with Crippen molar-refractivity contribution in [1.82, 2.24) is 9.97 Å². The fourth-order valence-electron chi connectivity index (χ4n) is 4.08. The van der Waals surface area contributed by atoms with Crippen LogP contribution in [0.15, 0.2) is 59.5 Å². The van der Waals surface area contributed by atoms with E-state index >= 15 is 0 Å². The van der Waals surface area contributed by atoms with E-state index in [1.807, 2.05) is 36.4 Å². The first-order chi connectivity index (χ1) is 16.4. The van der Waals surface area contributed by atoms with Gasteiger partial charge in [-0.25, -0.2) is 9.97 Å². The van der Waals surface area contributed by atoms with Gasteiger partial charge in [0.15, 0.2) is 5.82 Å².